The Kier molecular flexibility index (Phi) is 7.57. The minimum Gasteiger partial charge on any atom is -0.490 e. The van der Waals surface area contributed by atoms with Crippen molar-refractivity contribution >= 4 is 28.2 Å². The largest absolute Gasteiger partial charge is 0.490 e. The van der Waals surface area contributed by atoms with Gasteiger partial charge in [-0.15, -0.1) is 11.3 Å². The zero-order valence-electron chi connectivity index (χ0n) is 17.0. The normalized spacial score (nSPS) is 10.5. The Morgan fingerprint density at radius 3 is 2.43 bits per heavy atom. The molecule has 3 aromatic rings. The SMILES string of the molecule is CCOc1ccc(C(=O)CCC(=O)Nc2nc(-c3ccccc3)cs2)cc1OCC. The van der Waals surface area contributed by atoms with Gasteiger partial charge in [0.15, 0.2) is 22.4 Å². The molecule has 0 saturated heterocycles. The third kappa shape index (κ3) is 5.67. The molecule has 0 aliphatic rings. The van der Waals surface area contributed by atoms with Gasteiger partial charge in [0.2, 0.25) is 5.91 Å². The first-order chi connectivity index (χ1) is 14.6. The van der Waals surface area contributed by atoms with Gasteiger partial charge in [-0.05, 0) is 32.0 Å². The number of benzene rings is 2. The van der Waals surface area contributed by atoms with Crippen LogP contribution >= 0.6 is 11.3 Å². The molecule has 1 aromatic heterocycles. The van der Waals surface area contributed by atoms with Crippen molar-refractivity contribution in [1.29, 1.82) is 0 Å². The predicted octanol–water partition coefficient (Wildman–Crippen LogP) is 5.21. The molecule has 1 amide bonds. The summed E-state index contributed by atoms with van der Waals surface area (Å²) in [7, 11) is 0. The van der Waals surface area contributed by atoms with Crippen LogP contribution in [0.5, 0.6) is 11.5 Å². The highest BCUT2D eigenvalue weighted by Crippen LogP contribution is 2.29. The lowest BCUT2D eigenvalue weighted by atomic mass is 10.1. The number of thiazole rings is 1. The second-order valence-electron chi connectivity index (χ2n) is 6.40. The van der Waals surface area contributed by atoms with Crippen LogP contribution in [0.15, 0.2) is 53.9 Å². The highest BCUT2D eigenvalue weighted by atomic mass is 32.1. The van der Waals surface area contributed by atoms with Gasteiger partial charge in [-0.3, -0.25) is 9.59 Å². The zero-order valence-corrected chi connectivity index (χ0v) is 17.8. The van der Waals surface area contributed by atoms with E-state index in [1.807, 2.05) is 49.6 Å². The molecule has 2 aromatic carbocycles. The molecule has 0 radical (unpaired) electrons. The number of carbonyl (C=O) groups is 2. The molecule has 7 heteroatoms. The van der Waals surface area contributed by atoms with Crippen LogP contribution in [0.4, 0.5) is 5.13 Å². The molecule has 3 rings (SSSR count). The number of ketones is 1. The van der Waals surface area contributed by atoms with Gasteiger partial charge >= 0.3 is 0 Å². The van der Waals surface area contributed by atoms with Gasteiger partial charge in [-0.25, -0.2) is 4.98 Å². The van der Waals surface area contributed by atoms with Crippen LogP contribution in [-0.2, 0) is 4.79 Å². The van der Waals surface area contributed by atoms with Crippen LogP contribution in [0.3, 0.4) is 0 Å². The van der Waals surface area contributed by atoms with E-state index in [-0.39, 0.29) is 24.5 Å². The van der Waals surface area contributed by atoms with Crippen molar-refractivity contribution < 1.29 is 19.1 Å². The molecule has 0 unspecified atom stereocenters. The fourth-order valence-corrected chi connectivity index (χ4v) is 3.59. The third-order valence-electron chi connectivity index (χ3n) is 4.26. The first-order valence-electron chi connectivity index (χ1n) is 9.84. The van der Waals surface area contributed by atoms with E-state index in [1.165, 1.54) is 11.3 Å². The molecule has 0 bridgehead atoms. The van der Waals surface area contributed by atoms with E-state index in [1.54, 1.807) is 18.2 Å². The Hall–Kier alpha value is -3.19. The number of aromatic nitrogens is 1. The van der Waals surface area contributed by atoms with Gasteiger partial charge in [0, 0.05) is 29.3 Å². The minimum atomic E-state index is -0.242. The zero-order chi connectivity index (χ0) is 21.3. The van der Waals surface area contributed by atoms with Crippen LogP contribution in [-0.4, -0.2) is 29.9 Å². The van der Waals surface area contributed by atoms with Crippen molar-refractivity contribution in [2.75, 3.05) is 18.5 Å². The van der Waals surface area contributed by atoms with E-state index in [4.69, 9.17) is 9.47 Å². The van der Waals surface area contributed by atoms with E-state index >= 15 is 0 Å². The van der Waals surface area contributed by atoms with Crippen molar-refractivity contribution in [3.63, 3.8) is 0 Å². The minimum absolute atomic E-state index is 0.0796. The number of carbonyl (C=O) groups excluding carboxylic acids is 2. The summed E-state index contributed by atoms with van der Waals surface area (Å²) in [5, 5.41) is 5.18. The Labute approximate surface area is 179 Å². The van der Waals surface area contributed by atoms with Gasteiger partial charge in [-0.1, -0.05) is 30.3 Å². The van der Waals surface area contributed by atoms with Crippen molar-refractivity contribution in [2.24, 2.45) is 0 Å². The molecule has 6 nitrogen and oxygen atoms in total. The summed E-state index contributed by atoms with van der Waals surface area (Å²) < 4.78 is 11.1. The number of Topliss-reactive ketones (excluding diaryl/α,β-unsaturated/α-hetero) is 1. The van der Waals surface area contributed by atoms with E-state index in [9.17, 15) is 9.59 Å². The van der Waals surface area contributed by atoms with Gasteiger partial charge in [0.05, 0.1) is 18.9 Å². The number of anilines is 1. The summed E-state index contributed by atoms with van der Waals surface area (Å²) in [6, 6.07) is 14.8. The quantitative estimate of drug-likeness (QED) is 0.452. The lowest BCUT2D eigenvalue weighted by Crippen LogP contribution is -2.13. The highest BCUT2D eigenvalue weighted by molar-refractivity contribution is 7.14. The Bertz CT molecular complexity index is 1000. The molecule has 30 heavy (non-hydrogen) atoms. The Morgan fingerprint density at radius 2 is 1.70 bits per heavy atom. The summed E-state index contributed by atoms with van der Waals surface area (Å²) in [4.78, 5) is 29.2. The lowest BCUT2D eigenvalue weighted by Gasteiger charge is -2.12. The molecule has 0 atom stereocenters. The smallest absolute Gasteiger partial charge is 0.226 e. The highest BCUT2D eigenvalue weighted by Gasteiger charge is 2.14. The molecule has 0 fully saturated rings. The van der Waals surface area contributed by atoms with Gasteiger partial charge in [-0.2, -0.15) is 0 Å². The average molecular weight is 425 g/mol. The van der Waals surface area contributed by atoms with Gasteiger partial charge in [0.25, 0.3) is 0 Å². The fourth-order valence-electron chi connectivity index (χ4n) is 2.85. The number of nitrogens with one attached hydrogen (secondary N) is 1. The van der Waals surface area contributed by atoms with Crippen molar-refractivity contribution in [1.82, 2.24) is 4.98 Å². The molecule has 1 heterocycles. The summed E-state index contributed by atoms with van der Waals surface area (Å²) in [6.07, 6.45) is 0.179. The van der Waals surface area contributed by atoms with Crippen LogP contribution in [0.2, 0.25) is 0 Å². The van der Waals surface area contributed by atoms with Crippen molar-refractivity contribution in [2.45, 2.75) is 26.7 Å². The molecular weight excluding hydrogens is 400 g/mol. The first kappa shape index (κ1) is 21.5. The number of rotatable bonds is 10. The monoisotopic (exact) mass is 424 g/mol. The lowest BCUT2D eigenvalue weighted by molar-refractivity contribution is -0.116. The molecular formula is C23H24N2O4S. The first-order valence-corrected chi connectivity index (χ1v) is 10.7. The second kappa shape index (κ2) is 10.5. The Morgan fingerprint density at radius 1 is 0.967 bits per heavy atom. The van der Waals surface area contributed by atoms with E-state index in [0.29, 0.717) is 35.4 Å². The van der Waals surface area contributed by atoms with Crippen LogP contribution < -0.4 is 14.8 Å². The number of nitrogens with zero attached hydrogens (tertiary/aromatic N) is 1. The maximum atomic E-state index is 12.5. The number of amides is 1. The van der Waals surface area contributed by atoms with E-state index in [2.05, 4.69) is 10.3 Å². The van der Waals surface area contributed by atoms with Gasteiger partial charge in [0.1, 0.15) is 0 Å². The molecule has 1 N–H and O–H groups in total. The van der Waals surface area contributed by atoms with Crippen molar-refractivity contribution in [3.05, 3.63) is 59.5 Å². The van der Waals surface area contributed by atoms with E-state index in [0.717, 1.165) is 11.3 Å². The average Bonchev–Trinajstić information content (AvgIpc) is 3.22. The standard InChI is InChI=1S/C23H24N2O4S/c1-3-28-20-12-10-17(14-21(20)29-4-2)19(26)11-13-22(27)25-23-24-18(15-30-23)16-8-6-5-7-9-16/h5-10,12,14-15H,3-4,11,13H2,1-2H3,(H,24,25,27). The summed E-state index contributed by atoms with van der Waals surface area (Å²) >= 11 is 1.36. The number of hydrogen-bond donors (Lipinski definition) is 1. The summed E-state index contributed by atoms with van der Waals surface area (Å²) in [5.41, 5.74) is 2.30. The van der Waals surface area contributed by atoms with Crippen LogP contribution in [0.1, 0.15) is 37.0 Å². The topological polar surface area (TPSA) is 77.5 Å². The van der Waals surface area contributed by atoms with Gasteiger partial charge < -0.3 is 14.8 Å². The number of ether oxygens (including phenoxy) is 2. The molecule has 0 aliphatic carbocycles. The maximum absolute atomic E-state index is 12.5. The fraction of sp³-hybridized carbons (Fsp3) is 0.261. The molecule has 0 aliphatic heterocycles. The van der Waals surface area contributed by atoms with Crippen LogP contribution in [0, 0.1) is 0 Å². The Balaban J connectivity index is 1.56. The molecule has 0 spiro atoms. The maximum Gasteiger partial charge on any atom is 0.226 e. The van der Waals surface area contributed by atoms with Crippen LogP contribution in [0.25, 0.3) is 11.3 Å². The summed E-state index contributed by atoms with van der Waals surface area (Å²) in [6.45, 7) is 4.74. The predicted molar refractivity (Wildman–Crippen MR) is 119 cm³/mol. The molecule has 0 saturated carbocycles. The summed E-state index contributed by atoms with van der Waals surface area (Å²) in [5.74, 6) is 0.768. The van der Waals surface area contributed by atoms with Crippen molar-refractivity contribution in [3.8, 4) is 22.8 Å². The second-order valence-corrected chi connectivity index (χ2v) is 7.26. The third-order valence-corrected chi connectivity index (χ3v) is 5.02. The molecule has 156 valence electrons. The van der Waals surface area contributed by atoms with E-state index < -0.39 is 0 Å². The number of hydrogen-bond acceptors (Lipinski definition) is 6.